The van der Waals surface area contributed by atoms with Crippen LogP contribution in [0.25, 0.3) is 0 Å². The molecule has 2 bridgehead atoms. The third kappa shape index (κ3) is 3.74. The van der Waals surface area contributed by atoms with Crippen LogP contribution in [0.1, 0.15) is 16.8 Å². The first-order valence-electron chi connectivity index (χ1n) is 10.8. The standard InChI is InChI=1S/C25H21ClN2O6/c1-33-19-8-7-16(26)11-18(19)27-20(29)12-34-25(32)15-3-2-4-17(10-15)28-23(30)21-13-5-6-14(9-13)22(21)24(28)31/h2-8,10-11,13-14,21-22H,9,12H2,1H3,(H,27,29)/t13-,14-,21+,22+/m0/s1. The molecule has 3 aliphatic rings. The number of halogens is 1. The van der Waals surface area contributed by atoms with E-state index in [4.69, 9.17) is 21.1 Å². The minimum Gasteiger partial charge on any atom is -0.495 e. The number of amides is 3. The molecule has 4 atom stereocenters. The van der Waals surface area contributed by atoms with E-state index < -0.39 is 18.5 Å². The van der Waals surface area contributed by atoms with Crippen LogP contribution in [0.3, 0.4) is 0 Å². The van der Waals surface area contributed by atoms with Crippen LogP contribution in [0.4, 0.5) is 11.4 Å². The molecule has 0 radical (unpaired) electrons. The molecule has 8 nitrogen and oxygen atoms in total. The fourth-order valence-electron chi connectivity index (χ4n) is 5.11. The molecule has 0 spiro atoms. The van der Waals surface area contributed by atoms with E-state index in [-0.39, 0.29) is 41.0 Å². The lowest BCUT2D eigenvalue weighted by molar-refractivity contribution is -0.123. The van der Waals surface area contributed by atoms with Crippen molar-refractivity contribution in [3.63, 3.8) is 0 Å². The molecular weight excluding hydrogens is 460 g/mol. The smallest absolute Gasteiger partial charge is 0.338 e. The first-order valence-corrected chi connectivity index (χ1v) is 11.2. The van der Waals surface area contributed by atoms with Crippen molar-refractivity contribution in [1.29, 1.82) is 0 Å². The summed E-state index contributed by atoms with van der Waals surface area (Å²) in [5.74, 6) is -1.84. The molecule has 1 aliphatic heterocycles. The van der Waals surface area contributed by atoms with Crippen LogP contribution in [-0.4, -0.2) is 37.4 Å². The fraction of sp³-hybridized carbons (Fsp3) is 0.280. The molecule has 0 unspecified atom stereocenters. The molecular formula is C25H21ClN2O6. The molecule has 1 saturated heterocycles. The van der Waals surface area contributed by atoms with Crippen molar-refractivity contribution in [3.05, 3.63) is 65.2 Å². The van der Waals surface area contributed by atoms with Gasteiger partial charge in [0.2, 0.25) is 11.8 Å². The molecule has 3 amide bonds. The minimum absolute atomic E-state index is 0.0984. The summed E-state index contributed by atoms with van der Waals surface area (Å²) < 4.78 is 10.3. The van der Waals surface area contributed by atoms with Crippen molar-refractivity contribution in [2.24, 2.45) is 23.7 Å². The summed E-state index contributed by atoms with van der Waals surface area (Å²) in [7, 11) is 1.45. The number of hydrogen-bond acceptors (Lipinski definition) is 6. The predicted octanol–water partition coefficient (Wildman–Crippen LogP) is 3.46. The number of rotatable bonds is 6. The molecule has 1 N–H and O–H groups in total. The summed E-state index contributed by atoms with van der Waals surface area (Å²) in [4.78, 5) is 52.1. The lowest BCUT2D eigenvalue weighted by atomic mass is 9.85. The highest BCUT2D eigenvalue weighted by molar-refractivity contribution is 6.31. The van der Waals surface area contributed by atoms with Crippen LogP contribution in [0, 0.1) is 23.7 Å². The summed E-state index contributed by atoms with van der Waals surface area (Å²) in [5.41, 5.74) is 0.800. The highest BCUT2D eigenvalue weighted by Gasteiger charge is 2.59. The summed E-state index contributed by atoms with van der Waals surface area (Å²) in [6.45, 7) is -0.542. The van der Waals surface area contributed by atoms with E-state index in [1.165, 1.54) is 30.2 Å². The van der Waals surface area contributed by atoms with Crippen LogP contribution in [0.5, 0.6) is 5.75 Å². The highest BCUT2D eigenvalue weighted by atomic mass is 35.5. The number of fused-ring (bicyclic) bond motifs is 5. The van der Waals surface area contributed by atoms with Crippen molar-refractivity contribution in [2.75, 3.05) is 23.9 Å². The average Bonchev–Trinajstić information content (AvgIpc) is 3.51. The Morgan fingerprint density at radius 2 is 1.76 bits per heavy atom. The van der Waals surface area contributed by atoms with E-state index in [9.17, 15) is 19.2 Å². The second-order valence-electron chi connectivity index (χ2n) is 8.53. The second kappa shape index (κ2) is 8.61. The van der Waals surface area contributed by atoms with Gasteiger partial charge in [0.1, 0.15) is 5.75 Å². The molecule has 1 heterocycles. The number of carbonyl (C=O) groups is 4. The van der Waals surface area contributed by atoms with Gasteiger partial charge < -0.3 is 14.8 Å². The summed E-state index contributed by atoms with van der Waals surface area (Å²) in [5, 5.41) is 2.99. The van der Waals surface area contributed by atoms with Crippen LogP contribution in [0.15, 0.2) is 54.6 Å². The van der Waals surface area contributed by atoms with E-state index in [2.05, 4.69) is 5.32 Å². The largest absolute Gasteiger partial charge is 0.495 e. The minimum atomic E-state index is -0.754. The van der Waals surface area contributed by atoms with E-state index in [0.29, 0.717) is 22.1 Å². The maximum absolute atomic E-state index is 13.0. The summed E-state index contributed by atoms with van der Waals surface area (Å²) >= 11 is 5.96. The normalized spacial score (nSPS) is 24.4. The number of anilines is 2. The molecule has 34 heavy (non-hydrogen) atoms. The SMILES string of the molecule is COc1ccc(Cl)cc1NC(=O)COC(=O)c1cccc(N2C(=O)[C@H]3[C@H](C2=O)[C@H]2C=C[C@H]3C2)c1. The molecule has 1 saturated carbocycles. The monoisotopic (exact) mass is 480 g/mol. The predicted molar refractivity (Wildman–Crippen MR) is 124 cm³/mol. The van der Waals surface area contributed by atoms with Gasteiger partial charge in [-0.15, -0.1) is 0 Å². The second-order valence-corrected chi connectivity index (χ2v) is 8.97. The maximum Gasteiger partial charge on any atom is 0.338 e. The van der Waals surface area contributed by atoms with E-state index in [1.807, 2.05) is 12.2 Å². The van der Waals surface area contributed by atoms with Crippen LogP contribution in [0.2, 0.25) is 5.02 Å². The molecule has 0 aromatic heterocycles. The molecule has 2 fully saturated rings. The molecule has 9 heteroatoms. The first-order chi connectivity index (χ1) is 16.4. The van der Waals surface area contributed by atoms with Gasteiger partial charge in [-0.3, -0.25) is 14.4 Å². The van der Waals surface area contributed by atoms with Crippen LogP contribution in [-0.2, 0) is 19.1 Å². The number of imide groups is 1. The van der Waals surface area contributed by atoms with Gasteiger partial charge >= 0.3 is 5.97 Å². The number of ether oxygens (including phenoxy) is 2. The Balaban J connectivity index is 1.25. The van der Waals surface area contributed by atoms with Gasteiger partial charge in [-0.2, -0.15) is 0 Å². The van der Waals surface area contributed by atoms with Crippen LogP contribution >= 0.6 is 11.6 Å². The quantitative estimate of drug-likeness (QED) is 0.386. The van der Waals surface area contributed by atoms with Crippen molar-refractivity contribution in [1.82, 2.24) is 0 Å². The number of esters is 1. The van der Waals surface area contributed by atoms with Gasteiger partial charge in [-0.1, -0.05) is 29.8 Å². The van der Waals surface area contributed by atoms with E-state index in [0.717, 1.165) is 6.42 Å². The van der Waals surface area contributed by atoms with E-state index in [1.54, 1.807) is 24.3 Å². The first kappa shape index (κ1) is 22.2. The zero-order chi connectivity index (χ0) is 24.0. The number of allylic oxidation sites excluding steroid dienone is 2. The molecule has 174 valence electrons. The van der Waals surface area contributed by atoms with Gasteiger partial charge in [-0.25, -0.2) is 9.69 Å². The Kier molecular flexibility index (Phi) is 5.61. The van der Waals surface area contributed by atoms with Crippen molar-refractivity contribution < 1.29 is 28.7 Å². The summed E-state index contributed by atoms with van der Waals surface area (Å²) in [6, 6.07) is 10.9. The average molecular weight is 481 g/mol. The Morgan fingerprint density at radius 3 is 2.44 bits per heavy atom. The number of benzene rings is 2. The lowest BCUT2D eigenvalue weighted by Crippen LogP contribution is -2.33. The van der Waals surface area contributed by atoms with Crippen molar-refractivity contribution >= 4 is 46.7 Å². The van der Waals surface area contributed by atoms with E-state index >= 15 is 0 Å². The third-order valence-electron chi connectivity index (χ3n) is 6.58. The Labute approximate surface area is 200 Å². The Bertz CT molecular complexity index is 1210. The zero-order valence-electron chi connectivity index (χ0n) is 18.2. The number of nitrogens with one attached hydrogen (secondary N) is 1. The number of methoxy groups -OCH3 is 1. The van der Waals surface area contributed by atoms with Crippen LogP contribution < -0.4 is 15.0 Å². The van der Waals surface area contributed by atoms with Gasteiger partial charge in [0.15, 0.2) is 6.61 Å². The number of hydrogen-bond donors (Lipinski definition) is 1. The van der Waals surface area contributed by atoms with Gasteiger partial charge in [0.05, 0.1) is 35.9 Å². The summed E-state index contributed by atoms with van der Waals surface area (Å²) in [6.07, 6.45) is 4.90. The number of carbonyl (C=O) groups excluding carboxylic acids is 4. The molecule has 2 aliphatic carbocycles. The zero-order valence-corrected chi connectivity index (χ0v) is 19.0. The molecule has 2 aromatic rings. The van der Waals surface area contributed by atoms with Gasteiger partial charge in [0.25, 0.3) is 5.91 Å². The topological polar surface area (TPSA) is 102 Å². The lowest BCUT2D eigenvalue weighted by Gasteiger charge is -2.18. The van der Waals surface area contributed by atoms with Crippen molar-refractivity contribution in [3.8, 4) is 5.75 Å². The Hall–Kier alpha value is -3.65. The van der Waals surface area contributed by atoms with Crippen molar-refractivity contribution in [2.45, 2.75) is 6.42 Å². The Morgan fingerprint density at radius 1 is 1.06 bits per heavy atom. The fourth-order valence-corrected chi connectivity index (χ4v) is 5.28. The maximum atomic E-state index is 13.0. The number of nitrogens with zero attached hydrogens (tertiary/aromatic N) is 1. The van der Waals surface area contributed by atoms with Gasteiger partial charge in [-0.05, 0) is 54.7 Å². The van der Waals surface area contributed by atoms with Gasteiger partial charge in [0, 0.05) is 5.02 Å². The molecule has 2 aromatic carbocycles. The highest BCUT2D eigenvalue weighted by Crippen LogP contribution is 2.53. The molecule has 5 rings (SSSR count). The third-order valence-corrected chi connectivity index (χ3v) is 6.82.